The topological polar surface area (TPSA) is 85.9 Å². The van der Waals surface area contributed by atoms with Crippen LogP contribution in [0.5, 0.6) is 0 Å². The van der Waals surface area contributed by atoms with Crippen LogP contribution in [-0.2, 0) is 4.79 Å². The molecule has 0 aliphatic carbocycles. The Hall–Kier alpha value is -2.63. The summed E-state index contributed by atoms with van der Waals surface area (Å²) in [4.78, 5) is 26.5. The number of hydrogen-bond donors (Lipinski definition) is 3. The summed E-state index contributed by atoms with van der Waals surface area (Å²) in [5, 5.41) is 9.18. The van der Waals surface area contributed by atoms with Gasteiger partial charge in [-0.25, -0.2) is 4.39 Å². The molecular weight excluding hydrogens is 263 g/mol. The summed E-state index contributed by atoms with van der Waals surface area (Å²) < 4.78 is 13.1. The second-order valence-corrected chi connectivity index (χ2v) is 4.16. The number of carboxylic acids is 1. The number of H-pyrrole nitrogens is 2. The van der Waals surface area contributed by atoms with Crippen LogP contribution in [0.15, 0.2) is 35.3 Å². The minimum atomic E-state index is -0.745. The largest absolute Gasteiger partial charge is 0.481 e. The van der Waals surface area contributed by atoms with E-state index >= 15 is 0 Å². The molecule has 20 heavy (non-hydrogen) atoms. The second-order valence-electron chi connectivity index (χ2n) is 4.16. The van der Waals surface area contributed by atoms with Crippen molar-refractivity contribution >= 4 is 27.8 Å². The number of nitrogens with one attached hydrogen (secondary N) is 2. The number of aromatic nitrogens is 2. The standard InChI is InChI=1S/C11H7FN2O.C3H6O2/c12-6-1-2-9-8(5-6)7-3-4-13-10(7)11(15)14-9;1-2-3(4)5/h1-5,13H,(H,14,15);2H2,1H3,(H,4,5). The number of fused-ring (bicyclic) bond motifs is 3. The SMILES string of the molecule is CCC(=O)O.O=c1[nH]c2ccc(F)cc2c2cc[nH]c12. The van der Waals surface area contributed by atoms with E-state index in [-0.39, 0.29) is 17.8 Å². The van der Waals surface area contributed by atoms with Gasteiger partial charge < -0.3 is 15.1 Å². The Labute approximate surface area is 113 Å². The van der Waals surface area contributed by atoms with Crippen LogP contribution in [0.2, 0.25) is 0 Å². The monoisotopic (exact) mass is 276 g/mol. The quantitative estimate of drug-likeness (QED) is 0.638. The van der Waals surface area contributed by atoms with E-state index in [0.29, 0.717) is 16.4 Å². The van der Waals surface area contributed by atoms with Crippen molar-refractivity contribution in [1.82, 2.24) is 9.97 Å². The molecule has 0 amide bonds. The number of rotatable bonds is 1. The van der Waals surface area contributed by atoms with Crippen LogP contribution in [0.3, 0.4) is 0 Å². The van der Waals surface area contributed by atoms with Gasteiger partial charge in [0, 0.05) is 28.9 Å². The molecule has 0 unspecified atom stereocenters. The van der Waals surface area contributed by atoms with Crippen LogP contribution in [-0.4, -0.2) is 21.0 Å². The Morgan fingerprint density at radius 2 is 2.00 bits per heavy atom. The molecule has 0 saturated carbocycles. The van der Waals surface area contributed by atoms with Crippen LogP contribution in [0.1, 0.15) is 13.3 Å². The first-order valence-electron chi connectivity index (χ1n) is 6.03. The van der Waals surface area contributed by atoms with Crippen molar-refractivity contribution in [3.8, 4) is 0 Å². The highest BCUT2D eigenvalue weighted by Gasteiger charge is 2.05. The first kappa shape index (κ1) is 13.8. The molecule has 3 N–H and O–H groups in total. The molecule has 6 heteroatoms. The lowest BCUT2D eigenvalue weighted by Crippen LogP contribution is -2.05. The molecule has 0 radical (unpaired) electrons. The van der Waals surface area contributed by atoms with Crippen molar-refractivity contribution < 1.29 is 14.3 Å². The highest BCUT2D eigenvalue weighted by atomic mass is 19.1. The van der Waals surface area contributed by atoms with Crippen LogP contribution in [0.4, 0.5) is 4.39 Å². The van der Waals surface area contributed by atoms with E-state index in [1.54, 1.807) is 25.3 Å². The molecule has 0 bridgehead atoms. The molecular formula is C14H13FN2O3. The molecule has 2 aromatic heterocycles. The highest BCUT2D eigenvalue weighted by molar-refractivity contribution is 6.04. The molecule has 0 aliphatic heterocycles. The molecule has 2 heterocycles. The smallest absolute Gasteiger partial charge is 0.303 e. The van der Waals surface area contributed by atoms with Crippen molar-refractivity contribution in [3.63, 3.8) is 0 Å². The van der Waals surface area contributed by atoms with Gasteiger partial charge in [0.15, 0.2) is 0 Å². The number of aliphatic carboxylic acids is 1. The van der Waals surface area contributed by atoms with Gasteiger partial charge in [-0.05, 0) is 24.3 Å². The van der Waals surface area contributed by atoms with Gasteiger partial charge in [-0.2, -0.15) is 0 Å². The lowest BCUT2D eigenvalue weighted by atomic mass is 10.1. The van der Waals surface area contributed by atoms with E-state index in [2.05, 4.69) is 9.97 Å². The predicted molar refractivity (Wildman–Crippen MR) is 74.3 cm³/mol. The summed E-state index contributed by atoms with van der Waals surface area (Å²) in [7, 11) is 0. The highest BCUT2D eigenvalue weighted by Crippen LogP contribution is 2.20. The van der Waals surface area contributed by atoms with E-state index in [1.165, 1.54) is 12.1 Å². The Kier molecular flexibility index (Phi) is 3.84. The van der Waals surface area contributed by atoms with Crippen molar-refractivity contribution in [2.75, 3.05) is 0 Å². The van der Waals surface area contributed by atoms with E-state index in [9.17, 15) is 14.0 Å². The first-order chi connectivity index (χ1) is 9.52. The molecule has 0 atom stereocenters. The number of aromatic amines is 2. The Morgan fingerprint density at radius 1 is 1.30 bits per heavy atom. The van der Waals surface area contributed by atoms with E-state index in [1.807, 2.05) is 0 Å². The Morgan fingerprint density at radius 3 is 2.65 bits per heavy atom. The molecule has 3 aromatic rings. The van der Waals surface area contributed by atoms with Crippen LogP contribution < -0.4 is 5.56 Å². The molecule has 0 spiro atoms. The van der Waals surface area contributed by atoms with E-state index in [0.717, 1.165) is 5.39 Å². The third-order valence-corrected chi connectivity index (χ3v) is 2.80. The van der Waals surface area contributed by atoms with Gasteiger partial charge in [0.05, 0.1) is 0 Å². The lowest BCUT2D eigenvalue weighted by Gasteiger charge is -1.99. The minimum absolute atomic E-state index is 0.186. The molecule has 0 saturated heterocycles. The van der Waals surface area contributed by atoms with E-state index < -0.39 is 5.97 Å². The second kappa shape index (κ2) is 5.56. The summed E-state index contributed by atoms with van der Waals surface area (Å²) in [6.45, 7) is 1.60. The molecule has 1 aromatic carbocycles. The van der Waals surface area contributed by atoms with Gasteiger partial charge in [0.2, 0.25) is 0 Å². The zero-order valence-corrected chi connectivity index (χ0v) is 10.7. The summed E-state index contributed by atoms with van der Waals surface area (Å²) in [6.07, 6.45) is 1.89. The van der Waals surface area contributed by atoms with E-state index in [4.69, 9.17) is 5.11 Å². The summed E-state index contributed by atoms with van der Waals surface area (Å²) in [5.41, 5.74) is 0.940. The molecule has 104 valence electrons. The first-order valence-corrected chi connectivity index (χ1v) is 6.03. The fourth-order valence-electron chi connectivity index (χ4n) is 1.81. The molecule has 3 rings (SSSR count). The summed E-state index contributed by atoms with van der Waals surface area (Å²) in [5.74, 6) is -1.05. The fourth-order valence-corrected chi connectivity index (χ4v) is 1.81. The zero-order valence-electron chi connectivity index (χ0n) is 10.7. The van der Waals surface area contributed by atoms with Gasteiger partial charge in [-0.1, -0.05) is 6.92 Å². The van der Waals surface area contributed by atoms with Crippen LogP contribution >= 0.6 is 0 Å². The van der Waals surface area contributed by atoms with Crippen LogP contribution in [0.25, 0.3) is 21.8 Å². The van der Waals surface area contributed by atoms with Crippen molar-refractivity contribution in [1.29, 1.82) is 0 Å². The van der Waals surface area contributed by atoms with Crippen molar-refractivity contribution in [2.24, 2.45) is 0 Å². The van der Waals surface area contributed by atoms with Gasteiger partial charge in [-0.3, -0.25) is 9.59 Å². The average Bonchev–Trinajstić information content (AvgIpc) is 2.91. The molecule has 5 nitrogen and oxygen atoms in total. The van der Waals surface area contributed by atoms with Crippen molar-refractivity contribution in [2.45, 2.75) is 13.3 Å². The summed E-state index contributed by atoms with van der Waals surface area (Å²) in [6, 6.07) is 6.09. The van der Waals surface area contributed by atoms with Crippen LogP contribution in [0, 0.1) is 5.82 Å². The summed E-state index contributed by atoms with van der Waals surface area (Å²) >= 11 is 0. The molecule has 0 aliphatic rings. The molecule has 0 fully saturated rings. The zero-order chi connectivity index (χ0) is 14.7. The van der Waals surface area contributed by atoms with Gasteiger partial charge in [0.1, 0.15) is 11.3 Å². The van der Waals surface area contributed by atoms with Gasteiger partial charge in [0.25, 0.3) is 5.56 Å². The number of carboxylic acid groups (broad SMARTS) is 1. The van der Waals surface area contributed by atoms with Gasteiger partial charge >= 0.3 is 5.97 Å². The number of hydrogen-bond acceptors (Lipinski definition) is 2. The average molecular weight is 276 g/mol. The maximum atomic E-state index is 13.1. The lowest BCUT2D eigenvalue weighted by molar-refractivity contribution is -0.136. The van der Waals surface area contributed by atoms with Gasteiger partial charge in [-0.15, -0.1) is 0 Å². The maximum absolute atomic E-state index is 13.1. The Bertz CT molecular complexity index is 820. The normalized spacial score (nSPS) is 10.3. The number of halogens is 1. The number of carbonyl (C=O) groups is 1. The van der Waals surface area contributed by atoms with Crippen molar-refractivity contribution in [3.05, 3.63) is 46.6 Å². The number of benzene rings is 1. The fraction of sp³-hybridized carbons (Fsp3) is 0.143. The minimum Gasteiger partial charge on any atom is -0.481 e. The third-order valence-electron chi connectivity index (χ3n) is 2.80. The Balaban J connectivity index is 0.000000257. The maximum Gasteiger partial charge on any atom is 0.303 e. The number of pyridine rings is 1. The third kappa shape index (κ3) is 2.69. The predicted octanol–water partition coefficient (Wildman–Crippen LogP) is 2.63.